The zero-order valence-corrected chi connectivity index (χ0v) is 20.1. The number of rotatable bonds is 6. The maximum atomic E-state index is 7.62. The highest BCUT2D eigenvalue weighted by atomic mass is 15.3. The van der Waals surface area contributed by atoms with E-state index in [-0.39, 0.29) is 0 Å². The molecule has 2 aromatic carbocycles. The number of fused-ring (bicyclic) bond motifs is 1. The van der Waals surface area contributed by atoms with E-state index in [4.69, 9.17) is 10.5 Å². The first-order chi connectivity index (χ1) is 16.5. The van der Waals surface area contributed by atoms with Gasteiger partial charge in [0, 0.05) is 63.0 Å². The standard InChI is InChI=1S/C27H31N7/c1-19-8-9-20(16-21(19)17-28)18-34-14-11-22(12-15-34)32(2)27-24-7-5-4-6-23(24)26(30-31-27)25-10-13-29-33(25)3/h4-10,13,16-17,22,28H,11-12,14-15,18H2,1-3H3. The lowest BCUT2D eigenvalue weighted by Gasteiger charge is -2.37. The number of hydrogen-bond acceptors (Lipinski definition) is 6. The summed E-state index contributed by atoms with van der Waals surface area (Å²) in [7, 11) is 4.08. The lowest BCUT2D eigenvalue weighted by molar-refractivity contribution is 0.203. The number of hydrogen-bond donors (Lipinski definition) is 1. The van der Waals surface area contributed by atoms with Crippen molar-refractivity contribution in [1.82, 2.24) is 24.9 Å². The molecule has 0 amide bonds. The SMILES string of the molecule is Cc1ccc(CN2CCC(N(C)c3nnc(-c4ccnn4C)c4ccccc34)CC2)cc1C=N. The molecule has 3 heterocycles. The van der Waals surface area contributed by atoms with E-state index in [1.807, 2.05) is 17.8 Å². The number of aryl methyl sites for hydroxylation is 2. The van der Waals surface area contributed by atoms with Gasteiger partial charge in [-0.1, -0.05) is 36.4 Å². The lowest BCUT2D eigenvalue weighted by Crippen LogP contribution is -2.43. The predicted molar refractivity (Wildman–Crippen MR) is 138 cm³/mol. The minimum Gasteiger partial charge on any atom is -0.355 e. The number of piperidine rings is 1. The van der Waals surface area contributed by atoms with Crippen molar-refractivity contribution in [1.29, 1.82) is 5.41 Å². The summed E-state index contributed by atoms with van der Waals surface area (Å²) in [4.78, 5) is 4.83. The van der Waals surface area contributed by atoms with Crippen molar-refractivity contribution in [2.75, 3.05) is 25.0 Å². The van der Waals surface area contributed by atoms with Crippen LogP contribution in [0.5, 0.6) is 0 Å². The second-order valence-corrected chi connectivity index (χ2v) is 9.21. The molecular weight excluding hydrogens is 422 g/mol. The second kappa shape index (κ2) is 9.35. The van der Waals surface area contributed by atoms with Crippen LogP contribution in [0.2, 0.25) is 0 Å². The van der Waals surface area contributed by atoms with E-state index >= 15 is 0 Å². The van der Waals surface area contributed by atoms with E-state index in [9.17, 15) is 0 Å². The topological polar surface area (TPSA) is 73.9 Å². The molecule has 0 unspecified atom stereocenters. The average molecular weight is 454 g/mol. The Kier molecular flexibility index (Phi) is 6.11. The highest BCUT2D eigenvalue weighted by Crippen LogP contribution is 2.32. The Labute approximate surface area is 200 Å². The minimum absolute atomic E-state index is 0.423. The van der Waals surface area contributed by atoms with Crippen LogP contribution in [0.4, 0.5) is 5.82 Å². The fraction of sp³-hybridized carbons (Fsp3) is 0.333. The van der Waals surface area contributed by atoms with Gasteiger partial charge in [0.1, 0.15) is 5.69 Å². The van der Waals surface area contributed by atoms with Gasteiger partial charge >= 0.3 is 0 Å². The Morgan fingerprint density at radius 3 is 2.53 bits per heavy atom. The molecule has 1 saturated heterocycles. The smallest absolute Gasteiger partial charge is 0.159 e. The summed E-state index contributed by atoms with van der Waals surface area (Å²) in [6.45, 7) is 5.07. The molecule has 174 valence electrons. The maximum absolute atomic E-state index is 7.62. The van der Waals surface area contributed by atoms with Crippen LogP contribution < -0.4 is 4.90 Å². The number of likely N-dealkylation sites (tertiary alicyclic amines) is 1. The predicted octanol–water partition coefficient (Wildman–Crippen LogP) is 4.44. The van der Waals surface area contributed by atoms with Crippen LogP contribution in [0.1, 0.15) is 29.5 Å². The molecule has 0 saturated carbocycles. The molecular formula is C27H31N7. The van der Waals surface area contributed by atoms with Gasteiger partial charge in [-0.3, -0.25) is 9.58 Å². The Morgan fingerprint density at radius 2 is 1.82 bits per heavy atom. The fourth-order valence-electron chi connectivity index (χ4n) is 4.99. The molecule has 7 nitrogen and oxygen atoms in total. The third-order valence-corrected chi connectivity index (χ3v) is 7.08. The zero-order chi connectivity index (χ0) is 23.7. The molecule has 0 spiro atoms. The first-order valence-corrected chi connectivity index (χ1v) is 11.8. The maximum Gasteiger partial charge on any atom is 0.159 e. The van der Waals surface area contributed by atoms with Crippen LogP contribution in [-0.2, 0) is 13.6 Å². The summed E-state index contributed by atoms with van der Waals surface area (Å²) in [6.07, 6.45) is 5.41. The summed E-state index contributed by atoms with van der Waals surface area (Å²) in [5.74, 6) is 0.939. The summed E-state index contributed by atoms with van der Waals surface area (Å²) in [5, 5.41) is 23.5. The van der Waals surface area contributed by atoms with Gasteiger partial charge in [-0.2, -0.15) is 5.10 Å². The van der Waals surface area contributed by atoms with Crippen molar-refractivity contribution < 1.29 is 0 Å². The molecule has 5 rings (SSSR count). The Morgan fingerprint density at radius 1 is 1.06 bits per heavy atom. The number of benzene rings is 2. The first-order valence-electron chi connectivity index (χ1n) is 11.8. The van der Waals surface area contributed by atoms with Gasteiger partial charge in [-0.15, -0.1) is 10.2 Å². The van der Waals surface area contributed by atoms with Gasteiger partial charge in [0.25, 0.3) is 0 Å². The van der Waals surface area contributed by atoms with Gasteiger partial charge in [0.05, 0.1) is 5.69 Å². The molecule has 7 heteroatoms. The number of nitrogens with zero attached hydrogens (tertiary/aromatic N) is 6. The summed E-state index contributed by atoms with van der Waals surface area (Å²) in [5.41, 5.74) is 5.27. The summed E-state index contributed by atoms with van der Waals surface area (Å²) in [6, 6.07) is 17.2. The van der Waals surface area contributed by atoms with Gasteiger partial charge in [0.15, 0.2) is 5.82 Å². The zero-order valence-electron chi connectivity index (χ0n) is 20.1. The third kappa shape index (κ3) is 4.19. The molecule has 2 aromatic heterocycles. The van der Waals surface area contributed by atoms with Crippen LogP contribution in [0.25, 0.3) is 22.2 Å². The highest BCUT2D eigenvalue weighted by Gasteiger charge is 2.25. The van der Waals surface area contributed by atoms with Crippen molar-refractivity contribution in [3.05, 3.63) is 71.4 Å². The van der Waals surface area contributed by atoms with Crippen molar-refractivity contribution in [2.45, 2.75) is 32.4 Å². The van der Waals surface area contributed by atoms with Crippen molar-refractivity contribution in [2.24, 2.45) is 7.05 Å². The van der Waals surface area contributed by atoms with Crippen LogP contribution >= 0.6 is 0 Å². The third-order valence-electron chi connectivity index (χ3n) is 7.08. The Hall–Kier alpha value is -3.58. The van der Waals surface area contributed by atoms with Crippen molar-refractivity contribution >= 4 is 22.8 Å². The van der Waals surface area contributed by atoms with Crippen LogP contribution in [-0.4, -0.2) is 57.3 Å². The highest BCUT2D eigenvalue weighted by molar-refractivity contribution is 5.99. The van der Waals surface area contributed by atoms with Crippen molar-refractivity contribution in [3.63, 3.8) is 0 Å². The monoisotopic (exact) mass is 453 g/mol. The van der Waals surface area contributed by atoms with Crippen molar-refractivity contribution in [3.8, 4) is 11.4 Å². The molecule has 0 atom stereocenters. The minimum atomic E-state index is 0.423. The van der Waals surface area contributed by atoms with Gasteiger partial charge < -0.3 is 10.3 Å². The largest absolute Gasteiger partial charge is 0.355 e. The summed E-state index contributed by atoms with van der Waals surface area (Å²) < 4.78 is 1.84. The van der Waals surface area contributed by atoms with E-state index in [2.05, 4.69) is 76.4 Å². The van der Waals surface area contributed by atoms with E-state index in [0.717, 1.165) is 71.6 Å². The molecule has 1 aliphatic heterocycles. The summed E-state index contributed by atoms with van der Waals surface area (Å²) >= 11 is 0. The van der Waals surface area contributed by atoms with E-state index in [0.29, 0.717) is 6.04 Å². The Balaban J connectivity index is 1.32. The second-order valence-electron chi connectivity index (χ2n) is 9.21. The lowest BCUT2D eigenvalue weighted by atomic mass is 10.0. The average Bonchev–Trinajstić information content (AvgIpc) is 3.30. The quantitative estimate of drug-likeness (QED) is 0.437. The van der Waals surface area contributed by atoms with Gasteiger partial charge in [-0.25, -0.2) is 0 Å². The molecule has 4 aromatic rings. The number of nitrogens with one attached hydrogen (secondary N) is 1. The van der Waals surface area contributed by atoms with Gasteiger partial charge in [-0.05, 0) is 48.6 Å². The van der Waals surface area contributed by atoms with E-state index in [1.165, 1.54) is 11.8 Å². The van der Waals surface area contributed by atoms with Crippen LogP contribution in [0, 0.1) is 12.3 Å². The van der Waals surface area contributed by atoms with Crippen LogP contribution in [0.3, 0.4) is 0 Å². The molecule has 1 fully saturated rings. The molecule has 34 heavy (non-hydrogen) atoms. The number of anilines is 1. The molecule has 0 aliphatic carbocycles. The Bertz CT molecular complexity index is 1320. The van der Waals surface area contributed by atoms with E-state index < -0.39 is 0 Å². The first kappa shape index (κ1) is 22.2. The van der Waals surface area contributed by atoms with E-state index in [1.54, 1.807) is 6.20 Å². The fourth-order valence-corrected chi connectivity index (χ4v) is 4.99. The molecule has 0 radical (unpaired) electrons. The van der Waals surface area contributed by atoms with Crippen LogP contribution in [0.15, 0.2) is 54.7 Å². The number of aromatic nitrogens is 4. The van der Waals surface area contributed by atoms with Gasteiger partial charge in [0.2, 0.25) is 0 Å². The molecule has 1 N–H and O–H groups in total. The molecule has 0 bridgehead atoms. The normalized spacial score (nSPS) is 15.0. The molecule has 1 aliphatic rings.